The van der Waals surface area contributed by atoms with Crippen LogP contribution in [0.4, 0.5) is 4.39 Å². The van der Waals surface area contributed by atoms with Gasteiger partial charge in [0.05, 0.1) is 6.10 Å². The molecule has 1 unspecified atom stereocenters. The van der Waals surface area contributed by atoms with Gasteiger partial charge in [0.2, 0.25) is 0 Å². The fourth-order valence-corrected chi connectivity index (χ4v) is 2.41. The molecule has 0 aliphatic carbocycles. The molecule has 2 aromatic carbocycles. The zero-order valence-corrected chi connectivity index (χ0v) is 13.3. The topological polar surface area (TPSA) is 23.5 Å². The fourth-order valence-electron chi connectivity index (χ4n) is 2.41. The molecule has 1 atom stereocenters. The summed E-state index contributed by atoms with van der Waals surface area (Å²) in [6.07, 6.45) is 0.388. The van der Waals surface area contributed by atoms with Gasteiger partial charge in [0.25, 0.3) is 0 Å². The summed E-state index contributed by atoms with van der Waals surface area (Å²) in [5, 5.41) is 9.97. The van der Waals surface area contributed by atoms with Crippen LogP contribution in [0.15, 0.2) is 48.5 Å². The maximum Gasteiger partial charge on any atom is 0.123 e. The van der Waals surface area contributed by atoms with E-state index in [1.165, 1.54) is 23.3 Å². The minimum absolute atomic E-state index is 0.220. The zero-order chi connectivity index (χ0) is 15.9. The van der Waals surface area contributed by atoms with E-state index in [0.29, 0.717) is 13.1 Å². The van der Waals surface area contributed by atoms with Crippen LogP contribution in [0.3, 0.4) is 0 Å². The largest absolute Gasteiger partial charge is 0.392 e. The number of rotatable bonds is 7. The molecule has 0 aliphatic heterocycles. The number of halogens is 1. The van der Waals surface area contributed by atoms with Gasteiger partial charge in [-0.2, -0.15) is 0 Å². The number of nitrogens with zero attached hydrogens (tertiary/aromatic N) is 1. The second-order valence-corrected chi connectivity index (χ2v) is 5.84. The average Bonchev–Trinajstić information content (AvgIpc) is 2.51. The van der Waals surface area contributed by atoms with Gasteiger partial charge in [-0.15, -0.1) is 0 Å². The lowest BCUT2D eigenvalue weighted by molar-refractivity contribution is 0.101. The molecule has 0 aromatic heterocycles. The minimum Gasteiger partial charge on any atom is -0.392 e. The predicted molar refractivity (Wildman–Crippen MR) is 88.0 cm³/mol. The van der Waals surface area contributed by atoms with Crippen molar-refractivity contribution in [1.82, 2.24) is 4.90 Å². The monoisotopic (exact) mass is 301 g/mol. The minimum atomic E-state index is -0.342. The molecule has 0 radical (unpaired) electrons. The molecule has 0 amide bonds. The van der Waals surface area contributed by atoms with Crippen molar-refractivity contribution in [2.45, 2.75) is 39.5 Å². The van der Waals surface area contributed by atoms with Crippen molar-refractivity contribution in [1.29, 1.82) is 0 Å². The Labute approximate surface area is 132 Å². The van der Waals surface area contributed by atoms with E-state index in [1.807, 2.05) is 6.92 Å². The molecule has 3 heteroatoms. The standard InChI is InChI=1S/C19H24FNO/c1-3-19(22)14-21(12-16-6-4-15(2)5-7-16)13-17-8-10-18(20)11-9-17/h4-11,19,22H,3,12-14H2,1-2H3. The first-order valence-corrected chi connectivity index (χ1v) is 7.77. The van der Waals surface area contributed by atoms with Crippen LogP contribution in [-0.4, -0.2) is 22.7 Å². The van der Waals surface area contributed by atoms with Crippen LogP contribution >= 0.6 is 0 Å². The fraction of sp³-hybridized carbons (Fsp3) is 0.368. The number of aliphatic hydroxyl groups is 1. The molecule has 2 rings (SSSR count). The van der Waals surface area contributed by atoms with E-state index in [-0.39, 0.29) is 11.9 Å². The molecule has 2 nitrogen and oxygen atoms in total. The number of hydrogen-bond donors (Lipinski definition) is 1. The smallest absolute Gasteiger partial charge is 0.123 e. The van der Waals surface area contributed by atoms with Gasteiger partial charge in [-0.05, 0) is 36.6 Å². The van der Waals surface area contributed by atoms with Crippen molar-refractivity contribution >= 4 is 0 Å². The summed E-state index contributed by atoms with van der Waals surface area (Å²) >= 11 is 0. The Morgan fingerprint density at radius 2 is 1.45 bits per heavy atom. The van der Waals surface area contributed by atoms with Crippen molar-refractivity contribution in [2.75, 3.05) is 6.54 Å². The average molecular weight is 301 g/mol. The van der Waals surface area contributed by atoms with E-state index in [4.69, 9.17) is 0 Å². The van der Waals surface area contributed by atoms with Gasteiger partial charge in [0, 0.05) is 19.6 Å². The van der Waals surface area contributed by atoms with E-state index in [0.717, 1.165) is 18.5 Å². The third kappa shape index (κ3) is 5.24. The summed E-state index contributed by atoms with van der Waals surface area (Å²) in [4.78, 5) is 2.20. The van der Waals surface area contributed by atoms with Crippen LogP contribution in [0.5, 0.6) is 0 Å². The lowest BCUT2D eigenvalue weighted by Gasteiger charge is -2.25. The lowest BCUT2D eigenvalue weighted by atomic mass is 10.1. The van der Waals surface area contributed by atoms with Crippen molar-refractivity contribution in [3.8, 4) is 0 Å². The van der Waals surface area contributed by atoms with E-state index >= 15 is 0 Å². The van der Waals surface area contributed by atoms with Gasteiger partial charge in [0.1, 0.15) is 5.82 Å². The third-order valence-corrected chi connectivity index (χ3v) is 3.79. The van der Waals surface area contributed by atoms with Gasteiger partial charge < -0.3 is 5.11 Å². The Morgan fingerprint density at radius 1 is 0.955 bits per heavy atom. The first kappa shape index (κ1) is 16.7. The van der Waals surface area contributed by atoms with E-state index in [9.17, 15) is 9.50 Å². The summed E-state index contributed by atoms with van der Waals surface area (Å²) in [5.41, 5.74) is 3.51. The van der Waals surface area contributed by atoms with Crippen molar-refractivity contribution < 1.29 is 9.50 Å². The molecule has 0 saturated heterocycles. The Morgan fingerprint density at radius 3 is 1.95 bits per heavy atom. The van der Waals surface area contributed by atoms with Crippen LogP contribution in [0.1, 0.15) is 30.0 Å². The van der Waals surface area contributed by atoms with Crippen molar-refractivity contribution in [2.24, 2.45) is 0 Å². The van der Waals surface area contributed by atoms with Gasteiger partial charge in [-0.25, -0.2) is 4.39 Å². The first-order valence-electron chi connectivity index (χ1n) is 7.77. The number of benzene rings is 2. The maximum atomic E-state index is 13.0. The molecule has 0 saturated carbocycles. The van der Waals surface area contributed by atoms with E-state index in [1.54, 1.807) is 12.1 Å². The highest BCUT2D eigenvalue weighted by molar-refractivity contribution is 5.22. The van der Waals surface area contributed by atoms with Crippen LogP contribution in [-0.2, 0) is 13.1 Å². The highest BCUT2D eigenvalue weighted by Crippen LogP contribution is 2.13. The second-order valence-electron chi connectivity index (χ2n) is 5.84. The Hall–Kier alpha value is -1.71. The molecule has 22 heavy (non-hydrogen) atoms. The molecular weight excluding hydrogens is 277 g/mol. The molecule has 0 heterocycles. The molecule has 0 aliphatic rings. The van der Waals surface area contributed by atoms with Gasteiger partial charge >= 0.3 is 0 Å². The summed E-state index contributed by atoms with van der Waals surface area (Å²) in [6, 6.07) is 15.0. The van der Waals surface area contributed by atoms with Crippen LogP contribution in [0.2, 0.25) is 0 Å². The molecule has 0 fully saturated rings. The van der Waals surface area contributed by atoms with E-state index in [2.05, 4.69) is 36.1 Å². The summed E-state index contributed by atoms with van der Waals surface area (Å²) in [6.45, 7) is 6.13. The maximum absolute atomic E-state index is 13.0. The van der Waals surface area contributed by atoms with Crippen LogP contribution in [0, 0.1) is 12.7 Å². The van der Waals surface area contributed by atoms with Crippen LogP contribution in [0.25, 0.3) is 0 Å². The molecule has 0 bridgehead atoms. The Bertz CT molecular complexity index is 517. The molecular formula is C19H24FNO. The summed E-state index contributed by atoms with van der Waals surface area (Å²) in [7, 11) is 0. The molecule has 2 aromatic rings. The quantitative estimate of drug-likeness (QED) is 0.838. The zero-order valence-electron chi connectivity index (χ0n) is 13.3. The Kier molecular flexibility index (Phi) is 6.10. The highest BCUT2D eigenvalue weighted by atomic mass is 19.1. The predicted octanol–water partition coefficient (Wildman–Crippen LogP) is 3.91. The second kappa shape index (κ2) is 8.06. The highest BCUT2D eigenvalue weighted by Gasteiger charge is 2.12. The van der Waals surface area contributed by atoms with Crippen LogP contribution < -0.4 is 0 Å². The molecule has 1 N–H and O–H groups in total. The third-order valence-electron chi connectivity index (χ3n) is 3.79. The first-order chi connectivity index (χ1) is 10.6. The van der Waals surface area contributed by atoms with Crippen molar-refractivity contribution in [3.63, 3.8) is 0 Å². The SMILES string of the molecule is CCC(O)CN(Cc1ccc(C)cc1)Cc1ccc(F)cc1. The van der Waals surface area contributed by atoms with Crippen molar-refractivity contribution in [3.05, 3.63) is 71.0 Å². The summed E-state index contributed by atoms with van der Waals surface area (Å²) < 4.78 is 13.0. The van der Waals surface area contributed by atoms with E-state index < -0.39 is 0 Å². The number of aryl methyl sites for hydroxylation is 1. The Balaban J connectivity index is 2.07. The lowest BCUT2D eigenvalue weighted by Crippen LogP contribution is -2.31. The summed E-state index contributed by atoms with van der Waals surface area (Å²) in [5.74, 6) is -0.220. The molecule has 118 valence electrons. The normalized spacial score (nSPS) is 12.6. The number of hydrogen-bond acceptors (Lipinski definition) is 2. The number of aliphatic hydroxyl groups excluding tert-OH is 1. The van der Waals surface area contributed by atoms with Gasteiger partial charge in [-0.3, -0.25) is 4.90 Å². The van der Waals surface area contributed by atoms with Gasteiger partial charge in [0.15, 0.2) is 0 Å². The van der Waals surface area contributed by atoms with Gasteiger partial charge in [-0.1, -0.05) is 48.9 Å². The molecule has 0 spiro atoms.